The van der Waals surface area contributed by atoms with Crippen LogP contribution in [0.25, 0.3) is 28.5 Å². The highest BCUT2D eigenvalue weighted by Gasteiger charge is 2.12. The third-order valence-corrected chi connectivity index (χ3v) is 4.77. The number of carbonyl (C=O) groups excluding carboxylic acids is 1. The Kier molecular flexibility index (Phi) is 4.75. The molecule has 5 nitrogen and oxygen atoms in total. The van der Waals surface area contributed by atoms with Gasteiger partial charge in [0.25, 0.3) is 5.22 Å². The van der Waals surface area contributed by atoms with Gasteiger partial charge in [-0.2, -0.15) is 0 Å². The molecule has 4 aromatic rings. The largest absolute Gasteiger partial charge is 0.544 e. The molecule has 0 fully saturated rings. The summed E-state index contributed by atoms with van der Waals surface area (Å²) in [5.41, 5.74) is 2.03. The molecule has 27 heavy (non-hydrogen) atoms. The molecule has 0 saturated carbocycles. The molecule has 0 atom stereocenters. The Morgan fingerprint density at radius 2 is 1.93 bits per heavy atom. The summed E-state index contributed by atoms with van der Waals surface area (Å²) in [4.78, 5) is 15.7. The van der Waals surface area contributed by atoms with Crippen molar-refractivity contribution in [1.29, 1.82) is 0 Å². The Bertz CT molecular complexity index is 1130. The average Bonchev–Trinajstić information content (AvgIpc) is 3.27. The number of aromatic nitrogens is 1. The lowest BCUT2D eigenvalue weighted by molar-refractivity contribution is -0.298. The Morgan fingerprint density at radius 1 is 1.07 bits per heavy atom. The smallest absolute Gasteiger partial charge is 0.261 e. The van der Waals surface area contributed by atoms with Gasteiger partial charge in [0, 0.05) is 15.5 Å². The molecular formula is C20H11ClNO4S-. The Morgan fingerprint density at radius 3 is 2.70 bits per heavy atom. The predicted octanol–water partition coefficient (Wildman–Crippen LogP) is 4.62. The number of nitrogens with zero attached hydrogens (tertiary/aromatic N) is 1. The van der Waals surface area contributed by atoms with Crippen LogP contribution in [0.3, 0.4) is 0 Å². The first-order valence-corrected chi connectivity index (χ1v) is 9.10. The number of carboxylic acids is 1. The first kappa shape index (κ1) is 17.5. The fraction of sp³-hybridized carbons (Fsp3) is 0. The summed E-state index contributed by atoms with van der Waals surface area (Å²) in [6.07, 6.45) is 1.38. The summed E-state index contributed by atoms with van der Waals surface area (Å²) in [6.45, 7) is 0. The molecule has 0 radical (unpaired) electrons. The average molecular weight is 397 g/mol. The monoisotopic (exact) mass is 396 g/mol. The van der Waals surface area contributed by atoms with E-state index in [0.717, 1.165) is 17.3 Å². The topological polar surface area (TPSA) is 79.3 Å². The number of halogens is 1. The van der Waals surface area contributed by atoms with Gasteiger partial charge in [-0.05, 0) is 54.2 Å². The Hall–Kier alpha value is -2.96. The quantitative estimate of drug-likeness (QED) is 0.361. The summed E-state index contributed by atoms with van der Waals surface area (Å²) in [5.74, 6) is -0.399. The van der Waals surface area contributed by atoms with E-state index in [1.165, 1.54) is 6.08 Å². The normalized spacial score (nSPS) is 11.8. The number of benzene rings is 2. The van der Waals surface area contributed by atoms with Crippen LogP contribution >= 0.6 is 23.4 Å². The van der Waals surface area contributed by atoms with E-state index in [1.54, 1.807) is 36.4 Å². The van der Waals surface area contributed by atoms with Crippen molar-refractivity contribution in [2.75, 3.05) is 0 Å². The lowest BCUT2D eigenvalue weighted by Crippen LogP contribution is -2.22. The minimum absolute atomic E-state index is 0.0754. The lowest BCUT2D eigenvalue weighted by Gasteiger charge is -2.04. The van der Waals surface area contributed by atoms with E-state index >= 15 is 0 Å². The predicted molar refractivity (Wildman–Crippen MR) is 102 cm³/mol. The van der Waals surface area contributed by atoms with Crippen molar-refractivity contribution < 1.29 is 18.7 Å². The zero-order valence-electron chi connectivity index (χ0n) is 13.7. The van der Waals surface area contributed by atoms with Crippen molar-refractivity contribution >= 4 is 46.5 Å². The van der Waals surface area contributed by atoms with Crippen LogP contribution in [0.5, 0.6) is 0 Å². The zero-order chi connectivity index (χ0) is 18.8. The number of aliphatic carboxylic acids is 1. The van der Waals surface area contributed by atoms with Crippen LogP contribution in [0.15, 0.2) is 79.6 Å². The second-order valence-electron chi connectivity index (χ2n) is 5.56. The minimum atomic E-state index is -1.34. The number of thioether (sulfide) groups is 1. The van der Waals surface area contributed by atoms with Crippen molar-refractivity contribution in [3.63, 3.8) is 0 Å². The van der Waals surface area contributed by atoms with Gasteiger partial charge in [-0.25, -0.2) is 4.98 Å². The highest BCUT2D eigenvalue weighted by atomic mass is 35.5. The van der Waals surface area contributed by atoms with Gasteiger partial charge in [0.1, 0.15) is 17.0 Å². The number of furan rings is 1. The molecular weight excluding hydrogens is 386 g/mol. The number of oxazole rings is 1. The van der Waals surface area contributed by atoms with Crippen LogP contribution in [-0.2, 0) is 4.79 Å². The third kappa shape index (κ3) is 3.92. The standard InChI is InChI=1S/C20H12ClNO4S/c21-13-5-3-4-12(10-13)16-9-8-14(25-16)11-18(19(23)24)27-20-22-15-6-1-2-7-17(15)26-20/h1-11H,(H,23,24)/p-1/b18-11+. The summed E-state index contributed by atoms with van der Waals surface area (Å²) in [7, 11) is 0. The van der Waals surface area contributed by atoms with Crippen molar-refractivity contribution in [3.05, 3.63) is 76.4 Å². The Balaban J connectivity index is 1.62. The molecule has 0 aliphatic heterocycles. The van der Waals surface area contributed by atoms with E-state index in [1.807, 2.05) is 24.3 Å². The van der Waals surface area contributed by atoms with Crippen LogP contribution in [0.4, 0.5) is 0 Å². The molecule has 134 valence electrons. The Labute approximate surface area is 163 Å². The van der Waals surface area contributed by atoms with Gasteiger partial charge in [0.15, 0.2) is 5.58 Å². The van der Waals surface area contributed by atoms with E-state index in [4.69, 9.17) is 20.4 Å². The zero-order valence-corrected chi connectivity index (χ0v) is 15.3. The molecule has 7 heteroatoms. The van der Waals surface area contributed by atoms with E-state index in [0.29, 0.717) is 27.6 Å². The third-order valence-electron chi connectivity index (χ3n) is 3.68. The highest BCUT2D eigenvalue weighted by Crippen LogP contribution is 2.31. The van der Waals surface area contributed by atoms with E-state index in [9.17, 15) is 9.90 Å². The molecule has 0 amide bonds. The van der Waals surface area contributed by atoms with Gasteiger partial charge < -0.3 is 18.7 Å². The molecule has 0 aliphatic rings. The first-order valence-electron chi connectivity index (χ1n) is 7.91. The molecule has 2 heterocycles. The number of carbonyl (C=O) groups is 1. The van der Waals surface area contributed by atoms with Gasteiger partial charge >= 0.3 is 0 Å². The van der Waals surface area contributed by atoms with Crippen molar-refractivity contribution in [2.45, 2.75) is 5.22 Å². The fourth-order valence-corrected chi connectivity index (χ4v) is 3.39. The number of fused-ring (bicyclic) bond motifs is 1. The van der Waals surface area contributed by atoms with E-state index in [-0.39, 0.29) is 10.1 Å². The van der Waals surface area contributed by atoms with Crippen LogP contribution < -0.4 is 5.11 Å². The van der Waals surface area contributed by atoms with Crippen LogP contribution in [0.1, 0.15) is 5.76 Å². The number of hydrogen-bond acceptors (Lipinski definition) is 6. The first-order chi connectivity index (χ1) is 13.1. The SMILES string of the molecule is O=C([O-])/C(=C\c1ccc(-c2cccc(Cl)c2)o1)Sc1nc2ccccc2o1. The van der Waals surface area contributed by atoms with Gasteiger partial charge in [-0.15, -0.1) is 0 Å². The molecule has 0 spiro atoms. The molecule has 2 aromatic heterocycles. The molecule has 4 rings (SSSR count). The van der Waals surface area contributed by atoms with Gasteiger partial charge in [0.2, 0.25) is 0 Å². The molecule has 0 saturated heterocycles. The highest BCUT2D eigenvalue weighted by molar-refractivity contribution is 8.03. The maximum Gasteiger partial charge on any atom is 0.261 e. The maximum atomic E-state index is 11.5. The van der Waals surface area contributed by atoms with Crippen molar-refractivity contribution in [2.24, 2.45) is 0 Å². The molecule has 0 N–H and O–H groups in total. The van der Waals surface area contributed by atoms with Crippen LogP contribution in [0.2, 0.25) is 5.02 Å². The summed E-state index contributed by atoms with van der Waals surface area (Å²) < 4.78 is 11.3. The number of rotatable bonds is 5. The van der Waals surface area contributed by atoms with Crippen LogP contribution in [-0.4, -0.2) is 11.0 Å². The van der Waals surface area contributed by atoms with E-state index < -0.39 is 5.97 Å². The maximum absolute atomic E-state index is 11.5. The number of para-hydroxylation sites is 2. The van der Waals surface area contributed by atoms with Gasteiger partial charge in [0.05, 0.1) is 5.97 Å². The lowest BCUT2D eigenvalue weighted by atomic mass is 10.2. The molecule has 0 unspecified atom stereocenters. The summed E-state index contributed by atoms with van der Waals surface area (Å²) in [5, 5.41) is 12.3. The number of carboxylic acid groups (broad SMARTS) is 1. The molecule has 0 aliphatic carbocycles. The summed E-state index contributed by atoms with van der Waals surface area (Å²) >= 11 is 6.86. The van der Waals surface area contributed by atoms with Crippen molar-refractivity contribution in [1.82, 2.24) is 4.98 Å². The van der Waals surface area contributed by atoms with Crippen molar-refractivity contribution in [3.8, 4) is 11.3 Å². The summed E-state index contributed by atoms with van der Waals surface area (Å²) in [6, 6.07) is 17.8. The molecule has 2 aromatic carbocycles. The second kappa shape index (κ2) is 7.34. The second-order valence-corrected chi connectivity index (χ2v) is 6.99. The van der Waals surface area contributed by atoms with E-state index in [2.05, 4.69) is 4.98 Å². The van der Waals surface area contributed by atoms with Gasteiger partial charge in [-0.3, -0.25) is 0 Å². The molecule has 0 bridgehead atoms. The van der Waals surface area contributed by atoms with Gasteiger partial charge in [-0.1, -0.05) is 35.9 Å². The van der Waals surface area contributed by atoms with Crippen LogP contribution in [0, 0.1) is 0 Å². The number of hydrogen-bond donors (Lipinski definition) is 0. The fourth-order valence-electron chi connectivity index (χ4n) is 2.48. The minimum Gasteiger partial charge on any atom is -0.544 e.